The molecule has 0 saturated carbocycles. The zero-order valence-electron chi connectivity index (χ0n) is 13.2. The van der Waals surface area contributed by atoms with Crippen LogP contribution in [0.3, 0.4) is 0 Å². The van der Waals surface area contributed by atoms with Crippen molar-refractivity contribution in [3.63, 3.8) is 0 Å². The fourth-order valence-electron chi connectivity index (χ4n) is 3.56. The van der Waals surface area contributed by atoms with E-state index in [1.807, 2.05) is 6.20 Å². The molecule has 0 radical (unpaired) electrons. The van der Waals surface area contributed by atoms with E-state index in [0.29, 0.717) is 6.04 Å². The lowest BCUT2D eigenvalue weighted by Crippen LogP contribution is -2.26. The van der Waals surface area contributed by atoms with Gasteiger partial charge in [0.05, 0.1) is 6.04 Å². The summed E-state index contributed by atoms with van der Waals surface area (Å²) in [7, 11) is 2.07. The Morgan fingerprint density at radius 2 is 2.09 bits per heavy atom. The molecule has 0 saturated heterocycles. The maximum absolute atomic E-state index is 4.90. The number of aryl methyl sites for hydroxylation is 2. The van der Waals surface area contributed by atoms with E-state index in [0.717, 1.165) is 35.5 Å². The highest BCUT2D eigenvalue weighted by atomic mass is 15.2. The summed E-state index contributed by atoms with van der Waals surface area (Å²) in [5.41, 5.74) is 5.85. The highest BCUT2D eigenvalue weighted by molar-refractivity contribution is 5.73. The topological polar surface area (TPSA) is 34.0 Å². The first-order valence-electron chi connectivity index (χ1n) is 7.82. The molecule has 0 fully saturated rings. The zero-order chi connectivity index (χ0) is 15.3. The molecular formula is C18H20N4. The van der Waals surface area contributed by atoms with Crippen molar-refractivity contribution in [2.45, 2.75) is 26.3 Å². The van der Waals surface area contributed by atoms with Crippen LogP contribution in [-0.2, 0) is 13.5 Å². The van der Waals surface area contributed by atoms with Crippen molar-refractivity contribution >= 4 is 16.9 Å². The van der Waals surface area contributed by atoms with Crippen molar-refractivity contribution in [2.75, 3.05) is 11.4 Å². The van der Waals surface area contributed by atoms with Gasteiger partial charge in [0, 0.05) is 31.9 Å². The van der Waals surface area contributed by atoms with Crippen molar-refractivity contribution in [3.8, 4) is 0 Å². The maximum Gasteiger partial charge on any atom is 0.159 e. The quantitative estimate of drug-likeness (QED) is 0.726. The molecule has 1 atom stereocenters. The molecule has 4 nitrogen and oxygen atoms in total. The second-order valence-corrected chi connectivity index (χ2v) is 6.02. The minimum absolute atomic E-state index is 0.293. The second-order valence-electron chi connectivity index (χ2n) is 6.02. The van der Waals surface area contributed by atoms with Gasteiger partial charge in [-0.15, -0.1) is 0 Å². The van der Waals surface area contributed by atoms with Gasteiger partial charge in [-0.1, -0.05) is 18.2 Å². The van der Waals surface area contributed by atoms with Crippen LogP contribution in [0.2, 0.25) is 0 Å². The second kappa shape index (κ2) is 4.83. The van der Waals surface area contributed by atoms with Crippen molar-refractivity contribution in [1.82, 2.24) is 14.5 Å². The molecule has 1 aliphatic rings. The highest BCUT2D eigenvalue weighted by Crippen LogP contribution is 2.39. The Morgan fingerprint density at radius 3 is 2.91 bits per heavy atom. The molecule has 0 N–H and O–H groups in total. The first-order valence-corrected chi connectivity index (χ1v) is 7.82. The molecule has 1 unspecified atom stereocenters. The average molecular weight is 292 g/mol. The third-order valence-electron chi connectivity index (χ3n) is 4.61. The fraction of sp³-hybridized carbons (Fsp3) is 0.333. The lowest BCUT2D eigenvalue weighted by atomic mass is 10.1. The van der Waals surface area contributed by atoms with Gasteiger partial charge in [0.15, 0.2) is 5.65 Å². The van der Waals surface area contributed by atoms with Gasteiger partial charge in [-0.25, -0.2) is 9.97 Å². The number of para-hydroxylation sites is 1. The first kappa shape index (κ1) is 13.3. The fourth-order valence-corrected chi connectivity index (χ4v) is 3.56. The summed E-state index contributed by atoms with van der Waals surface area (Å²) < 4.78 is 2.15. The Labute approximate surface area is 130 Å². The number of fused-ring (bicyclic) bond motifs is 2. The monoisotopic (exact) mass is 292 g/mol. The van der Waals surface area contributed by atoms with Crippen molar-refractivity contribution in [2.24, 2.45) is 7.05 Å². The Hall–Kier alpha value is -2.36. The largest absolute Gasteiger partial charge is 0.361 e. The summed E-state index contributed by atoms with van der Waals surface area (Å²) in [6.07, 6.45) is 2.93. The predicted octanol–water partition coefficient (Wildman–Crippen LogP) is 3.40. The van der Waals surface area contributed by atoms with E-state index in [1.165, 1.54) is 11.3 Å². The van der Waals surface area contributed by atoms with E-state index in [1.54, 1.807) is 0 Å². The van der Waals surface area contributed by atoms with Crippen LogP contribution in [0.5, 0.6) is 0 Å². The summed E-state index contributed by atoms with van der Waals surface area (Å²) in [6, 6.07) is 11.1. The third-order valence-corrected chi connectivity index (χ3v) is 4.61. The molecule has 0 amide bonds. The third kappa shape index (κ3) is 1.83. The number of hydrogen-bond acceptors (Lipinski definition) is 3. The lowest BCUT2D eigenvalue weighted by molar-refractivity contribution is 0.610. The maximum atomic E-state index is 4.90. The molecule has 0 aliphatic carbocycles. The van der Waals surface area contributed by atoms with Crippen molar-refractivity contribution in [1.29, 1.82) is 0 Å². The van der Waals surface area contributed by atoms with Crippen LogP contribution in [-0.4, -0.2) is 21.1 Å². The number of likely N-dealkylation sites (N-methyl/N-ethyl adjacent to an activating group) is 1. The van der Waals surface area contributed by atoms with Gasteiger partial charge in [0.1, 0.15) is 11.3 Å². The van der Waals surface area contributed by atoms with Crippen LogP contribution >= 0.6 is 0 Å². The predicted molar refractivity (Wildman–Crippen MR) is 89.2 cm³/mol. The number of hydrogen-bond donors (Lipinski definition) is 0. The summed E-state index contributed by atoms with van der Waals surface area (Å²) in [4.78, 5) is 11.9. The molecule has 0 spiro atoms. The molecular weight excluding hydrogens is 272 g/mol. The Balaban J connectivity index is 1.84. The highest BCUT2D eigenvalue weighted by Gasteiger charge is 2.32. The van der Waals surface area contributed by atoms with Crippen LogP contribution in [0.4, 0.5) is 5.69 Å². The number of nitrogens with zero attached hydrogens (tertiary/aromatic N) is 4. The Kier molecular flexibility index (Phi) is 2.93. The van der Waals surface area contributed by atoms with Gasteiger partial charge < -0.3 is 9.47 Å². The normalized spacial score (nSPS) is 17.2. The van der Waals surface area contributed by atoms with Gasteiger partial charge >= 0.3 is 0 Å². The van der Waals surface area contributed by atoms with Crippen LogP contribution < -0.4 is 4.90 Å². The molecule has 1 aromatic carbocycles. The van der Waals surface area contributed by atoms with Gasteiger partial charge in [0.2, 0.25) is 0 Å². The molecule has 0 bridgehead atoms. The summed E-state index contributed by atoms with van der Waals surface area (Å²) in [6.45, 7) is 5.25. The van der Waals surface area contributed by atoms with Gasteiger partial charge in [0.25, 0.3) is 0 Å². The van der Waals surface area contributed by atoms with Gasteiger partial charge in [-0.2, -0.15) is 0 Å². The van der Waals surface area contributed by atoms with Gasteiger partial charge in [-0.3, -0.25) is 0 Å². The van der Waals surface area contributed by atoms with Crippen LogP contribution in [0.1, 0.15) is 29.9 Å². The van der Waals surface area contributed by atoms with E-state index in [2.05, 4.69) is 65.7 Å². The molecule has 22 heavy (non-hydrogen) atoms. The first-order chi connectivity index (χ1) is 10.7. The summed E-state index contributed by atoms with van der Waals surface area (Å²) in [5.74, 6) is 1.10. The molecule has 4 heteroatoms. The zero-order valence-corrected chi connectivity index (χ0v) is 13.2. The van der Waals surface area contributed by atoms with E-state index in [9.17, 15) is 0 Å². The van der Waals surface area contributed by atoms with Crippen molar-refractivity contribution in [3.05, 3.63) is 53.5 Å². The van der Waals surface area contributed by atoms with E-state index in [-0.39, 0.29) is 0 Å². The Morgan fingerprint density at radius 1 is 1.27 bits per heavy atom. The Bertz CT molecular complexity index is 849. The minimum atomic E-state index is 0.293. The number of aromatic nitrogens is 3. The number of anilines is 1. The van der Waals surface area contributed by atoms with Crippen LogP contribution in [0.25, 0.3) is 11.2 Å². The lowest BCUT2D eigenvalue weighted by Gasteiger charge is -2.25. The number of benzene rings is 1. The van der Waals surface area contributed by atoms with Gasteiger partial charge in [-0.05, 0) is 37.1 Å². The molecule has 3 heterocycles. The standard InChI is InChI=1S/C18H20N4/c1-4-22-15-8-6-5-7-13(15)10-16(22)18-20-14-9-12(2)11-19-17(14)21(18)3/h5-9,11,16H,4,10H2,1-3H3. The van der Waals surface area contributed by atoms with Crippen molar-refractivity contribution < 1.29 is 0 Å². The van der Waals surface area contributed by atoms with E-state index >= 15 is 0 Å². The van der Waals surface area contributed by atoms with Crippen LogP contribution in [0, 0.1) is 6.92 Å². The number of pyridine rings is 1. The molecule has 2 aromatic heterocycles. The van der Waals surface area contributed by atoms with Crippen LogP contribution in [0.15, 0.2) is 36.5 Å². The number of rotatable bonds is 2. The molecule has 112 valence electrons. The number of imidazole rings is 1. The molecule has 3 aromatic rings. The van der Waals surface area contributed by atoms with E-state index < -0.39 is 0 Å². The smallest absolute Gasteiger partial charge is 0.159 e. The average Bonchev–Trinajstić information content (AvgIpc) is 3.04. The summed E-state index contributed by atoms with van der Waals surface area (Å²) >= 11 is 0. The minimum Gasteiger partial charge on any atom is -0.361 e. The van der Waals surface area contributed by atoms with E-state index in [4.69, 9.17) is 4.98 Å². The summed E-state index contributed by atoms with van der Waals surface area (Å²) in [5, 5.41) is 0. The SMILES string of the molecule is CCN1c2ccccc2CC1c1nc2cc(C)cnc2n1C. The molecule has 4 rings (SSSR count). The molecule has 1 aliphatic heterocycles.